The summed E-state index contributed by atoms with van der Waals surface area (Å²) in [5.74, 6) is 0. The Bertz CT molecular complexity index is 583. The lowest BCUT2D eigenvalue weighted by Crippen LogP contribution is -1.83. The van der Waals surface area contributed by atoms with Crippen molar-refractivity contribution >= 4 is 0 Å². The smallest absolute Gasteiger partial charge is 0.0998 e. The third kappa shape index (κ3) is 1.78. The first-order valence-corrected chi connectivity index (χ1v) is 4.85. The molecule has 0 spiro atoms. The molecule has 0 saturated heterocycles. The molecule has 0 aliphatic carbocycles. The van der Waals surface area contributed by atoms with Crippen molar-refractivity contribution in [1.82, 2.24) is 0 Å². The normalized spacial score (nSPS) is 9.12. The Hall–Kier alpha value is -2.58. The van der Waals surface area contributed by atoms with Crippen LogP contribution in [0.1, 0.15) is 11.1 Å². The zero-order chi connectivity index (χ0) is 11.4. The summed E-state index contributed by atoms with van der Waals surface area (Å²) in [7, 11) is 0. The number of hydrogen-bond acceptors (Lipinski definition) is 2. The molecule has 2 nitrogen and oxygen atoms in total. The zero-order valence-corrected chi connectivity index (χ0v) is 8.51. The molecule has 0 aromatic heterocycles. The number of nitrogens with zero attached hydrogens (tertiary/aromatic N) is 2. The summed E-state index contributed by atoms with van der Waals surface area (Å²) in [5.41, 5.74) is 3.12. The van der Waals surface area contributed by atoms with Crippen LogP contribution in [0.5, 0.6) is 0 Å². The minimum Gasteiger partial charge on any atom is -0.192 e. The maximum absolute atomic E-state index is 8.98. The molecule has 2 heteroatoms. The van der Waals surface area contributed by atoms with Crippen LogP contribution >= 0.6 is 0 Å². The third-order valence-electron chi connectivity index (χ3n) is 2.37. The van der Waals surface area contributed by atoms with Crippen LogP contribution in [0.2, 0.25) is 0 Å². The number of rotatable bonds is 1. The first kappa shape index (κ1) is 9.96. The highest BCUT2D eigenvalue weighted by molar-refractivity contribution is 5.70. The van der Waals surface area contributed by atoms with E-state index in [1.165, 1.54) is 0 Å². The quantitative estimate of drug-likeness (QED) is 0.716. The Morgan fingerprint density at radius 2 is 1.44 bits per heavy atom. The summed E-state index contributed by atoms with van der Waals surface area (Å²) in [5, 5.41) is 17.7. The highest BCUT2D eigenvalue weighted by Crippen LogP contribution is 2.23. The second-order valence-corrected chi connectivity index (χ2v) is 3.35. The van der Waals surface area contributed by atoms with E-state index in [9.17, 15) is 0 Å². The van der Waals surface area contributed by atoms with Gasteiger partial charge in [-0.05, 0) is 29.3 Å². The van der Waals surface area contributed by atoms with E-state index in [0.717, 1.165) is 11.1 Å². The van der Waals surface area contributed by atoms with Crippen molar-refractivity contribution in [3.05, 3.63) is 59.7 Å². The molecule has 0 aliphatic heterocycles. The summed E-state index contributed by atoms with van der Waals surface area (Å²) < 4.78 is 0. The minimum absolute atomic E-state index is 0.623. The molecule has 0 atom stereocenters. The van der Waals surface area contributed by atoms with Gasteiger partial charge in [-0.2, -0.15) is 10.5 Å². The molecule has 2 aromatic rings. The van der Waals surface area contributed by atoms with Gasteiger partial charge in [0, 0.05) is 0 Å². The van der Waals surface area contributed by atoms with Crippen LogP contribution in [0, 0.1) is 22.7 Å². The number of benzene rings is 2. The van der Waals surface area contributed by atoms with Crippen LogP contribution in [-0.4, -0.2) is 0 Å². The van der Waals surface area contributed by atoms with Crippen LogP contribution in [0.3, 0.4) is 0 Å². The van der Waals surface area contributed by atoms with E-state index in [-0.39, 0.29) is 0 Å². The van der Waals surface area contributed by atoms with E-state index in [1.807, 2.05) is 30.3 Å². The maximum Gasteiger partial charge on any atom is 0.0998 e. The average molecular weight is 204 g/mol. The van der Waals surface area contributed by atoms with Gasteiger partial charge in [-0.3, -0.25) is 0 Å². The molecule has 0 N–H and O–H groups in total. The molecule has 2 aromatic carbocycles. The van der Waals surface area contributed by atoms with E-state index >= 15 is 0 Å². The molecular weight excluding hydrogens is 196 g/mol. The fourth-order valence-corrected chi connectivity index (χ4v) is 1.56. The van der Waals surface area contributed by atoms with Gasteiger partial charge in [-0.15, -0.1) is 0 Å². The molecule has 0 saturated carbocycles. The first-order chi connectivity index (χ1) is 7.85. The Labute approximate surface area is 94.0 Å². The molecule has 16 heavy (non-hydrogen) atoms. The SMILES string of the molecule is N#Cc1ccc(-c2ccccc2C#N)cc1. The third-order valence-corrected chi connectivity index (χ3v) is 2.37. The predicted octanol–water partition coefficient (Wildman–Crippen LogP) is 3.10. The van der Waals surface area contributed by atoms with Gasteiger partial charge in [0.05, 0.1) is 23.3 Å². The summed E-state index contributed by atoms with van der Waals surface area (Å²) in [6, 6.07) is 18.9. The van der Waals surface area contributed by atoms with Gasteiger partial charge >= 0.3 is 0 Å². The summed E-state index contributed by atoms with van der Waals surface area (Å²) in [6.07, 6.45) is 0. The van der Waals surface area contributed by atoms with Gasteiger partial charge in [-0.25, -0.2) is 0 Å². The molecule has 0 fully saturated rings. The van der Waals surface area contributed by atoms with Crippen LogP contribution in [-0.2, 0) is 0 Å². The molecule has 0 amide bonds. The van der Waals surface area contributed by atoms with Crippen molar-refractivity contribution in [1.29, 1.82) is 10.5 Å². The Kier molecular flexibility index (Phi) is 2.67. The first-order valence-electron chi connectivity index (χ1n) is 4.85. The van der Waals surface area contributed by atoms with Crippen molar-refractivity contribution < 1.29 is 0 Å². The molecular formula is C14H8N2. The number of hydrogen-bond donors (Lipinski definition) is 0. The van der Waals surface area contributed by atoms with Gasteiger partial charge < -0.3 is 0 Å². The Morgan fingerprint density at radius 1 is 0.750 bits per heavy atom. The average Bonchev–Trinajstić information content (AvgIpc) is 2.39. The monoisotopic (exact) mass is 204 g/mol. The zero-order valence-electron chi connectivity index (χ0n) is 8.51. The second-order valence-electron chi connectivity index (χ2n) is 3.35. The van der Waals surface area contributed by atoms with E-state index in [4.69, 9.17) is 10.5 Å². The number of nitriles is 2. The molecule has 0 bridgehead atoms. The van der Waals surface area contributed by atoms with Gasteiger partial charge in [-0.1, -0.05) is 30.3 Å². The van der Waals surface area contributed by atoms with Gasteiger partial charge in [0.15, 0.2) is 0 Å². The van der Waals surface area contributed by atoms with E-state index in [2.05, 4.69) is 12.1 Å². The van der Waals surface area contributed by atoms with Crippen LogP contribution < -0.4 is 0 Å². The largest absolute Gasteiger partial charge is 0.192 e. The fraction of sp³-hybridized carbons (Fsp3) is 0. The minimum atomic E-state index is 0.623. The summed E-state index contributed by atoms with van der Waals surface area (Å²) >= 11 is 0. The van der Waals surface area contributed by atoms with E-state index in [1.54, 1.807) is 18.2 Å². The highest BCUT2D eigenvalue weighted by Gasteiger charge is 2.03. The molecule has 0 aliphatic rings. The molecule has 0 radical (unpaired) electrons. The van der Waals surface area contributed by atoms with Crippen molar-refractivity contribution in [3.8, 4) is 23.3 Å². The van der Waals surface area contributed by atoms with Crippen molar-refractivity contribution in [2.24, 2.45) is 0 Å². The van der Waals surface area contributed by atoms with Gasteiger partial charge in [0.1, 0.15) is 0 Å². The molecule has 0 unspecified atom stereocenters. The van der Waals surface area contributed by atoms with E-state index in [0.29, 0.717) is 11.1 Å². The molecule has 0 heterocycles. The lowest BCUT2D eigenvalue weighted by atomic mass is 10.00. The summed E-state index contributed by atoms with van der Waals surface area (Å²) in [6.45, 7) is 0. The Balaban J connectivity index is 2.52. The van der Waals surface area contributed by atoms with Crippen LogP contribution in [0.4, 0.5) is 0 Å². The van der Waals surface area contributed by atoms with Crippen LogP contribution in [0.15, 0.2) is 48.5 Å². The van der Waals surface area contributed by atoms with Gasteiger partial charge in [0.25, 0.3) is 0 Å². The second kappa shape index (κ2) is 4.29. The molecule has 74 valence electrons. The molecule has 2 rings (SSSR count). The fourth-order valence-electron chi connectivity index (χ4n) is 1.56. The maximum atomic E-state index is 8.98. The summed E-state index contributed by atoms with van der Waals surface area (Å²) in [4.78, 5) is 0. The highest BCUT2D eigenvalue weighted by atomic mass is 14.2. The lowest BCUT2D eigenvalue weighted by Gasteiger charge is -2.03. The van der Waals surface area contributed by atoms with Crippen molar-refractivity contribution in [3.63, 3.8) is 0 Å². The predicted molar refractivity (Wildman–Crippen MR) is 61.3 cm³/mol. The van der Waals surface area contributed by atoms with E-state index < -0.39 is 0 Å². The standard InChI is InChI=1S/C14H8N2/c15-9-11-5-7-12(8-6-11)14-4-2-1-3-13(14)10-16/h1-8H. The van der Waals surface area contributed by atoms with Crippen molar-refractivity contribution in [2.45, 2.75) is 0 Å². The topological polar surface area (TPSA) is 47.6 Å². The lowest BCUT2D eigenvalue weighted by molar-refractivity contribution is 1.46. The van der Waals surface area contributed by atoms with Crippen LogP contribution in [0.25, 0.3) is 11.1 Å². The van der Waals surface area contributed by atoms with Crippen molar-refractivity contribution in [2.75, 3.05) is 0 Å². The van der Waals surface area contributed by atoms with Gasteiger partial charge in [0.2, 0.25) is 0 Å². The Morgan fingerprint density at radius 3 is 2.06 bits per heavy atom.